The average Bonchev–Trinajstić information content (AvgIpc) is 2.86. The number of anilines is 1. The number of halogens is 1. The lowest BCUT2D eigenvalue weighted by molar-refractivity contribution is -0.115. The van der Waals surface area contributed by atoms with Gasteiger partial charge in [-0.25, -0.2) is 4.98 Å². The number of hydrogen-bond acceptors (Lipinski definition) is 4. The molecular weight excluding hydrogens is 342 g/mol. The van der Waals surface area contributed by atoms with Crippen molar-refractivity contribution in [3.05, 3.63) is 52.8 Å². The lowest BCUT2D eigenvalue weighted by Crippen LogP contribution is -2.32. The maximum absolute atomic E-state index is 12.0. The maximum atomic E-state index is 12.0. The van der Waals surface area contributed by atoms with Crippen LogP contribution >= 0.6 is 11.6 Å². The van der Waals surface area contributed by atoms with Crippen LogP contribution in [0.4, 0.5) is 5.69 Å². The third-order valence-electron chi connectivity index (χ3n) is 3.64. The Morgan fingerprint density at radius 2 is 2.08 bits per heavy atom. The van der Waals surface area contributed by atoms with E-state index in [-0.39, 0.29) is 18.4 Å². The summed E-state index contributed by atoms with van der Waals surface area (Å²) in [5.74, 6) is -0.715. The van der Waals surface area contributed by atoms with Gasteiger partial charge in [-0.1, -0.05) is 17.7 Å². The van der Waals surface area contributed by atoms with Gasteiger partial charge in [0.2, 0.25) is 5.91 Å². The first-order valence-corrected chi connectivity index (χ1v) is 7.95. The Balaban J connectivity index is 1.63. The van der Waals surface area contributed by atoms with Crippen molar-refractivity contribution < 1.29 is 9.59 Å². The number of pyridine rings is 1. The highest BCUT2D eigenvalue weighted by atomic mass is 35.5. The van der Waals surface area contributed by atoms with E-state index in [0.29, 0.717) is 16.3 Å². The zero-order chi connectivity index (χ0) is 18.0. The lowest BCUT2D eigenvalue weighted by Gasteiger charge is -2.07. The van der Waals surface area contributed by atoms with Crippen LogP contribution in [0.25, 0.3) is 11.0 Å². The van der Waals surface area contributed by atoms with Crippen LogP contribution in [0, 0.1) is 6.92 Å². The van der Waals surface area contributed by atoms with Crippen LogP contribution in [0.1, 0.15) is 16.1 Å². The molecule has 0 fully saturated rings. The van der Waals surface area contributed by atoms with Gasteiger partial charge in [-0.05, 0) is 31.2 Å². The summed E-state index contributed by atoms with van der Waals surface area (Å²) in [5.41, 5.74) is 2.51. The molecule has 2 aromatic heterocycles. The molecule has 0 aliphatic carbocycles. The van der Waals surface area contributed by atoms with E-state index in [1.807, 2.05) is 14.0 Å². The van der Waals surface area contributed by atoms with Crippen LogP contribution in [0.5, 0.6) is 0 Å². The van der Waals surface area contributed by atoms with Gasteiger partial charge in [-0.2, -0.15) is 5.10 Å². The van der Waals surface area contributed by atoms with E-state index in [4.69, 9.17) is 11.6 Å². The quantitative estimate of drug-likeness (QED) is 0.749. The summed E-state index contributed by atoms with van der Waals surface area (Å²) in [5, 5.41) is 10.9. The van der Waals surface area contributed by atoms with Crippen molar-refractivity contribution in [1.82, 2.24) is 20.1 Å². The molecule has 0 saturated carbocycles. The van der Waals surface area contributed by atoms with E-state index < -0.39 is 0 Å². The molecule has 0 unspecified atom stereocenters. The van der Waals surface area contributed by atoms with Gasteiger partial charge in [0.25, 0.3) is 5.91 Å². The fraction of sp³-hybridized carbons (Fsp3) is 0.176. The molecule has 1 aromatic carbocycles. The van der Waals surface area contributed by atoms with Crippen LogP contribution < -0.4 is 10.6 Å². The first-order chi connectivity index (χ1) is 11.9. The normalized spacial score (nSPS) is 10.7. The Morgan fingerprint density at radius 3 is 2.84 bits per heavy atom. The summed E-state index contributed by atoms with van der Waals surface area (Å²) in [6, 6.07) is 8.32. The molecule has 25 heavy (non-hydrogen) atoms. The number of carbonyl (C=O) groups is 2. The second-order valence-corrected chi connectivity index (χ2v) is 5.98. The summed E-state index contributed by atoms with van der Waals surface area (Å²) in [6.07, 6.45) is 1.56. The molecule has 0 aliphatic rings. The fourth-order valence-corrected chi connectivity index (χ4v) is 2.66. The zero-order valence-electron chi connectivity index (χ0n) is 13.7. The topological polar surface area (TPSA) is 88.9 Å². The van der Waals surface area contributed by atoms with E-state index in [9.17, 15) is 9.59 Å². The van der Waals surface area contributed by atoms with E-state index in [2.05, 4.69) is 20.7 Å². The highest BCUT2D eigenvalue weighted by Gasteiger charge is 2.11. The summed E-state index contributed by atoms with van der Waals surface area (Å²) in [7, 11) is 1.81. The Hall–Kier alpha value is -2.93. The van der Waals surface area contributed by atoms with Crippen molar-refractivity contribution in [3.8, 4) is 0 Å². The number of benzene rings is 1. The third-order valence-corrected chi connectivity index (χ3v) is 3.88. The van der Waals surface area contributed by atoms with Crippen molar-refractivity contribution in [2.24, 2.45) is 7.05 Å². The predicted molar refractivity (Wildman–Crippen MR) is 95.7 cm³/mol. The van der Waals surface area contributed by atoms with Crippen LogP contribution in [0.3, 0.4) is 0 Å². The molecule has 0 radical (unpaired) electrons. The first-order valence-electron chi connectivity index (χ1n) is 7.57. The van der Waals surface area contributed by atoms with Gasteiger partial charge in [-0.3, -0.25) is 14.3 Å². The van der Waals surface area contributed by atoms with Crippen molar-refractivity contribution in [1.29, 1.82) is 0 Å². The van der Waals surface area contributed by atoms with Crippen LogP contribution in [0.2, 0.25) is 5.02 Å². The number of rotatable bonds is 4. The predicted octanol–water partition coefficient (Wildman–Crippen LogP) is 2.30. The summed E-state index contributed by atoms with van der Waals surface area (Å²) in [6.45, 7) is 1.72. The van der Waals surface area contributed by atoms with E-state index in [1.165, 1.54) is 6.07 Å². The second-order valence-electron chi connectivity index (χ2n) is 5.55. The Bertz CT molecular complexity index is 967. The number of aryl methyl sites for hydroxylation is 2. The van der Waals surface area contributed by atoms with Gasteiger partial charge in [-0.15, -0.1) is 0 Å². The minimum absolute atomic E-state index is 0.157. The Kier molecular flexibility index (Phi) is 4.67. The summed E-state index contributed by atoms with van der Waals surface area (Å²) >= 11 is 5.85. The smallest absolute Gasteiger partial charge is 0.251 e. The van der Waals surface area contributed by atoms with E-state index in [0.717, 1.165) is 16.7 Å². The molecule has 3 rings (SSSR count). The first kappa shape index (κ1) is 16.9. The third kappa shape index (κ3) is 3.77. The van der Waals surface area contributed by atoms with Crippen molar-refractivity contribution in [2.75, 3.05) is 11.9 Å². The Labute approximate surface area is 149 Å². The molecule has 0 bridgehead atoms. The van der Waals surface area contributed by atoms with E-state index in [1.54, 1.807) is 35.1 Å². The highest BCUT2D eigenvalue weighted by Crippen LogP contribution is 2.19. The van der Waals surface area contributed by atoms with Crippen molar-refractivity contribution in [2.45, 2.75) is 6.92 Å². The Morgan fingerprint density at radius 1 is 1.28 bits per heavy atom. The molecule has 8 heteroatoms. The summed E-state index contributed by atoms with van der Waals surface area (Å²) < 4.78 is 1.68. The molecule has 128 valence electrons. The molecule has 7 nitrogen and oxygen atoms in total. The van der Waals surface area contributed by atoms with Gasteiger partial charge in [0.1, 0.15) is 0 Å². The minimum Gasteiger partial charge on any atom is -0.343 e. The molecule has 2 heterocycles. The van der Waals surface area contributed by atoms with Gasteiger partial charge in [0, 0.05) is 23.0 Å². The largest absolute Gasteiger partial charge is 0.343 e. The minimum atomic E-state index is -0.366. The molecule has 0 aliphatic heterocycles. The molecule has 0 atom stereocenters. The van der Waals surface area contributed by atoms with Gasteiger partial charge >= 0.3 is 0 Å². The van der Waals surface area contributed by atoms with Crippen LogP contribution in [0.15, 0.2) is 36.5 Å². The number of carbonyl (C=O) groups excluding carboxylic acids is 2. The van der Waals surface area contributed by atoms with E-state index >= 15 is 0 Å². The number of nitrogens with zero attached hydrogens (tertiary/aromatic N) is 3. The van der Waals surface area contributed by atoms with Crippen LogP contribution in [-0.4, -0.2) is 33.1 Å². The zero-order valence-corrected chi connectivity index (χ0v) is 14.5. The number of fused-ring (bicyclic) bond motifs is 1. The molecule has 0 saturated heterocycles. The highest BCUT2D eigenvalue weighted by molar-refractivity contribution is 6.31. The summed E-state index contributed by atoms with van der Waals surface area (Å²) in [4.78, 5) is 28.3. The molecule has 2 N–H and O–H groups in total. The van der Waals surface area contributed by atoms with Crippen molar-refractivity contribution in [3.63, 3.8) is 0 Å². The molecular formula is C17H16ClN5O2. The second kappa shape index (κ2) is 6.90. The monoisotopic (exact) mass is 357 g/mol. The average molecular weight is 358 g/mol. The number of nitrogens with one attached hydrogen (secondary N) is 2. The number of amides is 2. The fourth-order valence-electron chi connectivity index (χ4n) is 2.47. The van der Waals surface area contributed by atoms with Gasteiger partial charge in [0.05, 0.1) is 24.1 Å². The van der Waals surface area contributed by atoms with Gasteiger partial charge < -0.3 is 10.6 Å². The van der Waals surface area contributed by atoms with Crippen molar-refractivity contribution >= 4 is 40.1 Å². The maximum Gasteiger partial charge on any atom is 0.251 e. The standard InChI is InChI=1S/C17H16ClN5O2/c1-10-14-7-13(8-19-16(14)23(2)22-10)21-15(24)9-20-17(25)11-4-3-5-12(18)6-11/h3-8H,9H2,1-2H3,(H,20,25)(H,21,24). The molecule has 2 amide bonds. The molecule has 3 aromatic rings. The van der Waals surface area contributed by atoms with Crippen LogP contribution in [-0.2, 0) is 11.8 Å². The number of hydrogen-bond donors (Lipinski definition) is 2. The van der Waals surface area contributed by atoms with Gasteiger partial charge in [0.15, 0.2) is 5.65 Å². The molecule has 0 spiro atoms. The SMILES string of the molecule is Cc1nn(C)c2ncc(NC(=O)CNC(=O)c3cccc(Cl)c3)cc12. The lowest BCUT2D eigenvalue weighted by atomic mass is 10.2. The number of aromatic nitrogens is 3.